The average Bonchev–Trinajstić information content (AvgIpc) is 3.06. The Bertz CT molecular complexity index is 1190. The quantitative estimate of drug-likeness (QED) is 0.704. The van der Waals surface area contributed by atoms with E-state index < -0.39 is 0 Å². The summed E-state index contributed by atoms with van der Waals surface area (Å²) in [6.07, 6.45) is 3.66. The van der Waals surface area contributed by atoms with Crippen LogP contribution in [0.25, 0.3) is 10.9 Å². The van der Waals surface area contributed by atoms with E-state index in [0.717, 1.165) is 41.5 Å². The molecule has 1 atom stereocenters. The fourth-order valence-corrected chi connectivity index (χ4v) is 4.70. The third-order valence-corrected chi connectivity index (χ3v) is 6.37. The largest absolute Gasteiger partial charge is 0.370 e. The van der Waals surface area contributed by atoms with Gasteiger partial charge in [-0.05, 0) is 55.7 Å². The first kappa shape index (κ1) is 19.5. The summed E-state index contributed by atoms with van der Waals surface area (Å²) in [7, 11) is 1.79. The molecule has 0 radical (unpaired) electrons. The zero-order valence-corrected chi connectivity index (χ0v) is 17.9. The van der Waals surface area contributed by atoms with Crippen LogP contribution in [0.2, 0.25) is 0 Å². The molecule has 1 N–H and O–H groups in total. The summed E-state index contributed by atoms with van der Waals surface area (Å²) in [6.45, 7) is 4.31. The van der Waals surface area contributed by atoms with Gasteiger partial charge in [0.1, 0.15) is 0 Å². The minimum absolute atomic E-state index is 0.00907. The predicted molar refractivity (Wildman–Crippen MR) is 122 cm³/mol. The Hall–Kier alpha value is -3.41. The third-order valence-electron chi connectivity index (χ3n) is 6.37. The molecule has 1 unspecified atom stereocenters. The SMILES string of the molecule is Cc1ccc2nccc(N3CCCC(C(=O)Nc4ccc5c(c4)C(=O)N(C)C5)C3)c2c1. The van der Waals surface area contributed by atoms with Crippen molar-refractivity contribution in [3.63, 3.8) is 0 Å². The van der Waals surface area contributed by atoms with E-state index in [1.54, 1.807) is 18.0 Å². The fourth-order valence-electron chi connectivity index (χ4n) is 4.70. The molecular formula is C25H26N4O2. The van der Waals surface area contributed by atoms with Crippen molar-refractivity contribution in [3.8, 4) is 0 Å². The highest BCUT2D eigenvalue weighted by Gasteiger charge is 2.28. The van der Waals surface area contributed by atoms with Crippen LogP contribution in [-0.2, 0) is 11.3 Å². The van der Waals surface area contributed by atoms with Gasteiger partial charge >= 0.3 is 0 Å². The lowest BCUT2D eigenvalue weighted by atomic mass is 9.95. The Balaban J connectivity index is 1.34. The van der Waals surface area contributed by atoms with E-state index in [1.165, 1.54) is 5.56 Å². The maximum atomic E-state index is 13.1. The number of rotatable bonds is 3. The van der Waals surface area contributed by atoms with Gasteiger partial charge < -0.3 is 15.1 Å². The van der Waals surface area contributed by atoms with Crippen LogP contribution in [0.4, 0.5) is 11.4 Å². The van der Waals surface area contributed by atoms with Crippen LogP contribution in [0.1, 0.15) is 34.3 Å². The molecule has 3 aromatic rings. The first-order chi connectivity index (χ1) is 15.0. The molecule has 3 heterocycles. The van der Waals surface area contributed by atoms with Crippen molar-refractivity contribution in [1.82, 2.24) is 9.88 Å². The molecule has 0 aliphatic carbocycles. The van der Waals surface area contributed by atoms with Gasteiger partial charge in [-0.2, -0.15) is 0 Å². The van der Waals surface area contributed by atoms with E-state index in [0.29, 0.717) is 24.3 Å². The topological polar surface area (TPSA) is 65.5 Å². The number of aromatic nitrogens is 1. The number of nitrogens with one attached hydrogen (secondary N) is 1. The molecule has 1 fully saturated rings. The molecule has 6 heteroatoms. The maximum absolute atomic E-state index is 13.1. The number of carbonyl (C=O) groups excluding carboxylic acids is 2. The summed E-state index contributed by atoms with van der Waals surface area (Å²) in [5.41, 5.74) is 5.69. The maximum Gasteiger partial charge on any atom is 0.254 e. The van der Waals surface area contributed by atoms with Gasteiger partial charge in [0, 0.05) is 55.2 Å². The number of pyridine rings is 1. The van der Waals surface area contributed by atoms with Crippen LogP contribution >= 0.6 is 0 Å². The Morgan fingerprint density at radius 3 is 2.90 bits per heavy atom. The van der Waals surface area contributed by atoms with Gasteiger partial charge in [0.2, 0.25) is 5.91 Å². The average molecular weight is 415 g/mol. The van der Waals surface area contributed by atoms with E-state index in [9.17, 15) is 9.59 Å². The number of amides is 2. The van der Waals surface area contributed by atoms with Crippen LogP contribution < -0.4 is 10.2 Å². The standard InChI is InChI=1S/C25H26N4O2/c1-16-5-8-22-21(12-16)23(9-10-26-22)29-11-3-4-18(15-29)24(30)27-19-7-6-17-14-28(2)25(31)20(17)13-19/h5-10,12-13,18H,3-4,11,14-15H2,1-2H3,(H,27,30). The lowest BCUT2D eigenvalue weighted by Gasteiger charge is -2.34. The first-order valence-electron chi connectivity index (χ1n) is 10.8. The van der Waals surface area contributed by atoms with Gasteiger partial charge in [-0.15, -0.1) is 0 Å². The molecule has 158 valence electrons. The van der Waals surface area contributed by atoms with Crippen LogP contribution in [0.15, 0.2) is 48.7 Å². The molecule has 2 aliphatic heterocycles. The number of piperidine rings is 1. The molecule has 0 spiro atoms. The summed E-state index contributed by atoms with van der Waals surface area (Å²) in [5, 5.41) is 4.18. The Morgan fingerprint density at radius 2 is 2.03 bits per heavy atom. The number of anilines is 2. The van der Waals surface area contributed by atoms with Crippen molar-refractivity contribution in [2.75, 3.05) is 30.4 Å². The molecule has 1 saturated heterocycles. The summed E-state index contributed by atoms with van der Waals surface area (Å²) in [5.74, 6) is -0.0822. The highest BCUT2D eigenvalue weighted by Crippen LogP contribution is 2.31. The van der Waals surface area contributed by atoms with Gasteiger partial charge in [0.15, 0.2) is 0 Å². The smallest absolute Gasteiger partial charge is 0.254 e. The van der Waals surface area contributed by atoms with Gasteiger partial charge in [-0.25, -0.2) is 0 Å². The predicted octanol–water partition coefficient (Wildman–Crippen LogP) is 3.98. The van der Waals surface area contributed by atoms with E-state index in [4.69, 9.17) is 0 Å². The molecule has 2 aromatic carbocycles. The second-order valence-electron chi connectivity index (χ2n) is 8.66. The molecule has 0 saturated carbocycles. The minimum atomic E-state index is -0.103. The third kappa shape index (κ3) is 3.63. The van der Waals surface area contributed by atoms with Crippen molar-refractivity contribution in [2.45, 2.75) is 26.3 Å². The van der Waals surface area contributed by atoms with Gasteiger partial charge in [-0.1, -0.05) is 17.7 Å². The number of aryl methyl sites for hydroxylation is 1. The molecule has 6 nitrogen and oxygen atoms in total. The lowest BCUT2D eigenvalue weighted by molar-refractivity contribution is -0.120. The van der Waals surface area contributed by atoms with Crippen molar-refractivity contribution >= 4 is 34.1 Å². The van der Waals surface area contributed by atoms with Gasteiger partial charge in [0.25, 0.3) is 5.91 Å². The normalized spacial score (nSPS) is 18.4. The van der Waals surface area contributed by atoms with Gasteiger partial charge in [-0.3, -0.25) is 14.6 Å². The Labute approximate surface area is 181 Å². The summed E-state index contributed by atoms with van der Waals surface area (Å²) < 4.78 is 0. The second-order valence-corrected chi connectivity index (χ2v) is 8.66. The van der Waals surface area contributed by atoms with Crippen LogP contribution in [0, 0.1) is 12.8 Å². The Kier molecular flexibility index (Phi) is 4.85. The fraction of sp³-hybridized carbons (Fsp3) is 0.320. The van der Waals surface area contributed by atoms with Crippen molar-refractivity contribution in [1.29, 1.82) is 0 Å². The number of nitrogens with zero attached hydrogens (tertiary/aromatic N) is 3. The molecule has 0 bridgehead atoms. The monoisotopic (exact) mass is 414 g/mol. The molecule has 2 aliphatic rings. The zero-order valence-electron chi connectivity index (χ0n) is 17.9. The summed E-state index contributed by atoms with van der Waals surface area (Å²) in [6, 6.07) is 14.0. The number of fused-ring (bicyclic) bond motifs is 2. The molecule has 2 amide bonds. The molecule has 31 heavy (non-hydrogen) atoms. The summed E-state index contributed by atoms with van der Waals surface area (Å²) >= 11 is 0. The number of hydrogen-bond donors (Lipinski definition) is 1. The van der Waals surface area contributed by atoms with Crippen LogP contribution in [0.3, 0.4) is 0 Å². The minimum Gasteiger partial charge on any atom is -0.370 e. The molecule has 1 aromatic heterocycles. The number of hydrogen-bond acceptors (Lipinski definition) is 4. The van der Waals surface area contributed by atoms with Crippen molar-refractivity contribution in [2.24, 2.45) is 5.92 Å². The molecule has 5 rings (SSSR count). The molecular weight excluding hydrogens is 388 g/mol. The highest BCUT2D eigenvalue weighted by atomic mass is 16.2. The first-order valence-corrected chi connectivity index (χ1v) is 10.8. The van der Waals surface area contributed by atoms with E-state index in [2.05, 4.69) is 40.3 Å². The van der Waals surface area contributed by atoms with E-state index in [-0.39, 0.29) is 17.7 Å². The van der Waals surface area contributed by atoms with Crippen molar-refractivity contribution in [3.05, 3.63) is 65.4 Å². The second kappa shape index (κ2) is 7.69. The van der Waals surface area contributed by atoms with Crippen LogP contribution in [-0.4, -0.2) is 41.8 Å². The Morgan fingerprint density at radius 1 is 1.16 bits per heavy atom. The van der Waals surface area contributed by atoms with Crippen molar-refractivity contribution < 1.29 is 9.59 Å². The number of carbonyl (C=O) groups is 2. The van der Waals surface area contributed by atoms with E-state index in [1.807, 2.05) is 24.4 Å². The zero-order chi connectivity index (χ0) is 21.5. The van der Waals surface area contributed by atoms with Gasteiger partial charge in [0.05, 0.1) is 11.4 Å². The summed E-state index contributed by atoms with van der Waals surface area (Å²) in [4.78, 5) is 33.8. The van der Waals surface area contributed by atoms with E-state index >= 15 is 0 Å². The lowest BCUT2D eigenvalue weighted by Crippen LogP contribution is -2.40. The number of benzene rings is 2. The highest BCUT2D eigenvalue weighted by molar-refractivity contribution is 6.01. The van der Waals surface area contributed by atoms with Crippen LogP contribution in [0.5, 0.6) is 0 Å².